The quantitative estimate of drug-likeness (QED) is 0.831. The summed E-state index contributed by atoms with van der Waals surface area (Å²) < 4.78 is 4.64. The van der Waals surface area contributed by atoms with Crippen LogP contribution in [0.5, 0.6) is 5.75 Å². The maximum absolute atomic E-state index is 10.7. The van der Waals surface area contributed by atoms with Gasteiger partial charge in [0.25, 0.3) is 0 Å². The molecule has 5 nitrogen and oxygen atoms in total. The predicted octanol–water partition coefficient (Wildman–Crippen LogP) is 2.36. The predicted molar refractivity (Wildman–Crippen MR) is 60.0 cm³/mol. The lowest BCUT2D eigenvalue weighted by molar-refractivity contribution is 0.0652. The van der Waals surface area contributed by atoms with Crippen LogP contribution in [0.3, 0.4) is 0 Å². The van der Waals surface area contributed by atoms with Gasteiger partial charge in [-0.1, -0.05) is 5.16 Å². The number of hydrogen-bond donors (Lipinski definition) is 2. The van der Waals surface area contributed by atoms with Crippen molar-refractivity contribution in [1.82, 2.24) is 5.16 Å². The number of benzene rings is 1. The first-order chi connectivity index (χ1) is 7.99. The van der Waals surface area contributed by atoms with Crippen LogP contribution in [-0.2, 0) is 0 Å². The third-order valence-corrected chi connectivity index (χ3v) is 2.61. The number of phenols is 1. The summed E-state index contributed by atoms with van der Waals surface area (Å²) in [6, 6.07) is 4.64. The average Bonchev–Trinajstić information content (AvgIpc) is 2.72. The van der Waals surface area contributed by atoms with Crippen LogP contribution < -0.4 is 0 Å². The highest BCUT2D eigenvalue weighted by Crippen LogP contribution is 2.31. The smallest absolute Gasteiger partial charge is 0.374 e. The second-order valence-corrected chi connectivity index (χ2v) is 3.84. The normalized spacial score (nSPS) is 10.5. The monoisotopic (exact) mass is 233 g/mol. The van der Waals surface area contributed by atoms with Gasteiger partial charge in [-0.3, -0.25) is 0 Å². The van der Waals surface area contributed by atoms with Gasteiger partial charge in [0.2, 0.25) is 5.76 Å². The summed E-state index contributed by atoms with van der Waals surface area (Å²) in [6.07, 6.45) is 0. The molecule has 0 atom stereocenters. The number of aromatic carboxylic acids is 1. The number of hydrogen-bond acceptors (Lipinski definition) is 4. The number of phenolic OH excluding ortho intramolecular Hbond substituents is 1. The summed E-state index contributed by atoms with van der Waals surface area (Å²) in [7, 11) is 0. The molecule has 0 saturated heterocycles. The molecule has 1 heterocycles. The molecular formula is C12H11NO4. The highest BCUT2D eigenvalue weighted by molar-refractivity contribution is 5.86. The molecule has 0 aliphatic rings. The summed E-state index contributed by atoms with van der Waals surface area (Å²) in [5.74, 6) is -1.39. The Balaban J connectivity index is 2.52. The van der Waals surface area contributed by atoms with Crippen LogP contribution in [0.1, 0.15) is 21.7 Å². The lowest BCUT2D eigenvalue weighted by atomic mass is 10.0. The van der Waals surface area contributed by atoms with E-state index in [9.17, 15) is 9.90 Å². The zero-order valence-electron chi connectivity index (χ0n) is 9.39. The van der Waals surface area contributed by atoms with Gasteiger partial charge in [-0.25, -0.2) is 4.79 Å². The second-order valence-electron chi connectivity index (χ2n) is 3.84. The van der Waals surface area contributed by atoms with E-state index in [2.05, 4.69) is 9.68 Å². The molecule has 0 bridgehead atoms. The molecule has 1 aromatic carbocycles. The molecular weight excluding hydrogens is 222 g/mol. The van der Waals surface area contributed by atoms with Gasteiger partial charge in [-0.2, -0.15) is 0 Å². The van der Waals surface area contributed by atoms with Gasteiger partial charge in [0.05, 0.1) is 0 Å². The molecule has 5 heteroatoms. The molecule has 1 aromatic heterocycles. The van der Waals surface area contributed by atoms with E-state index in [1.54, 1.807) is 12.1 Å². The Hall–Kier alpha value is -2.30. The Labute approximate surface area is 97.3 Å². The minimum absolute atomic E-state index is 0.0540. The summed E-state index contributed by atoms with van der Waals surface area (Å²) in [6.45, 7) is 3.78. The van der Waals surface area contributed by atoms with Gasteiger partial charge in [0.1, 0.15) is 11.4 Å². The SMILES string of the molecule is Cc1cc(O)c(-c2cc(C(=O)O)on2)cc1C. The first-order valence-electron chi connectivity index (χ1n) is 4.99. The first kappa shape index (κ1) is 11.2. The van der Waals surface area contributed by atoms with Crippen molar-refractivity contribution in [3.8, 4) is 17.0 Å². The molecule has 0 fully saturated rings. The van der Waals surface area contributed by atoms with Gasteiger partial charge in [0, 0.05) is 11.6 Å². The average molecular weight is 233 g/mol. The highest BCUT2D eigenvalue weighted by Gasteiger charge is 2.15. The second kappa shape index (κ2) is 3.93. The number of aromatic hydroxyl groups is 1. The van der Waals surface area contributed by atoms with Crippen LogP contribution in [-0.4, -0.2) is 21.3 Å². The fourth-order valence-corrected chi connectivity index (χ4v) is 1.51. The van der Waals surface area contributed by atoms with E-state index in [1.165, 1.54) is 6.07 Å². The van der Waals surface area contributed by atoms with Crippen LogP contribution in [0.2, 0.25) is 0 Å². The third kappa shape index (κ3) is 1.99. The van der Waals surface area contributed by atoms with Crippen molar-refractivity contribution in [2.24, 2.45) is 0 Å². The molecule has 2 rings (SSSR count). The van der Waals surface area contributed by atoms with Gasteiger partial charge >= 0.3 is 5.97 Å². The van der Waals surface area contributed by atoms with Crippen molar-refractivity contribution >= 4 is 5.97 Å². The fraction of sp³-hybridized carbons (Fsp3) is 0.167. The Bertz CT molecular complexity index is 586. The van der Waals surface area contributed by atoms with Crippen molar-refractivity contribution in [3.63, 3.8) is 0 Å². The summed E-state index contributed by atoms with van der Waals surface area (Å²) in [5, 5.41) is 22.1. The lowest BCUT2D eigenvalue weighted by Gasteiger charge is -2.05. The maximum atomic E-state index is 10.7. The molecule has 0 saturated carbocycles. The molecule has 0 unspecified atom stereocenters. The standard InChI is InChI=1S/C12H11NO4/c1-6-3-8(10(14)4-7(6)2)9-5-11(12(15)16)17-13-9/h3-5,14H,1-2H3,(H,15,16). The molecule has 0 aliphatic heterocycles. The van der Waals surface area contributed by atoms with E-state index in [1.807, 2.05) is 13.8 Å². The van der Waals surface area contributed by atoms with E-state index in [-0.39, 0.29) is 11.5 Å². The van der Waals surface area contributed by atoms with Crippen LogP contribution in [0, 0.1) is 13.8 Å². The van der Waals surface area contributed by atoms with Crippen molar-refractivity contribution in [1.29, 1.82) is 0 Å². The molecule has 0 aliphatic carbocycles. The van der Waals surface area contributed by atoms with E-state index in [0.29, 0.717) is 11.3 Å². The first-order valence-corrected chi connectivity index (χ1v) is 4.99. The van der Waals surface area contributed by atoms with Crippen LogP contribution in [0.25, 0.3) is 11.3 Å². The molecule has 17 heavy (non-hydrogen) atoms. The van der Waals surface area contributed by atoms with Gasteiger partial charge < -0.3 is 14.7 Å². The number of aryl methyl sites for hydroxylation is 2. The number of carboxylic acid groups (broad SMARTS) is 1. The van der Waals surface area contributed by atoms with E-state index in [4.69, 9.17) is 5.11 Å². The van der Waals surface area contributed by atoms with Gasteiger partial charge in [-0.05, 0) is 37.1 Å². The minimum atomic E-state index is -1.19. The highest BCUT2D eigenvalue weighted by atomic mass is 16.5. The lowest BCUT2D eigenvalue weighted by Crippen LogP contribution is -1.91. The van der Waals surface area contributed by atoms with Crippen LogP contribution >= 0.6 is 0 Å². The Morgan fingerprint density at radius 1 is 1.24 bits per heavy atom. The third-order valence-electron chi connectivity index (χ3n) is 2.61. The molecule has 0 radical (unpaired) electrons. The van der Waals surface area contributed by atoms with Gasteiger partial charge in [-0.15, -0.1) is 0 Å². The van der Waals surface area contributed by atoms with Gasteiger partial charge in [0.15, 0.2) is 0 Å². The van der Waals surface area contributed by atoms with Crippen LogP contribution in [0.4, 0.5) is 0 Å². The topological polar surface area (TPSA) is 83.6 Å². The summed E-state index contributed by atoms with van der Waals surface area (Å²) in [5.41, 5.74) is 2.71. The summed E-state index contributed by atoms with van der Waals surface area (Å²) >= 11 is 0. The summed E-state index contributed by atoms with van der Waals surface area (Å²) in [4.78, 5) is 10.7. The molecule has 2 aromatic rings. The Morgan fingerprint density at radius 2 is 1.88 bits per heavy atom. The zero-order chi connectivity index (χ0) is 12.6. The van der Waals surface area contributed by atoms with Crippen molar-refractivity contribution in [2.45, 2.75) is 13.8 Å². The zero-order valence-corrected chi connectivity index (χ0v) is 9.39. The maximum Gasteiger partial charge on any atom is 0.374 e. The largest absolute Gasteiger partial charge is 0.507 e. The van der Waals surface area contributed by atoms with Crippen molar-refractivity contribution in [2.75, 3.05) is 0 Å². The number of aromatic nitrogens is 1. The van der Waals surface area contributed by atoms with Crippen molar-refractivity contribution < 1.29 is 19.5 Å². The number of rotatable bonds is 2. The number of nitrogens with zero attached hydrogens (tertiary/aromatic N) is 1. The minimum Gasteiger partial charge on any atom is -0.507 e. The number of carbonyl (C=O) groups is 1. The Morgan fingerprint density at radius 3 is 2.47 bits per heavy atom. The van der Waals surface area contributed by atoms with Crippen molar-refractivity contribution in [3.05, 3.63) is 35.1 Å². The van der Waals surface area contributed by atoms with E-state index < -0.39 is 5.97 Å². The molecule has 2 N–H and O–H groups in total. The Kier molecular flexibility index (Phi) is 2.59. The fourth-order valence-electron chi connectivity index (χ4n) is 1.51. The van der Waals surface area contributed by atoms with E-state index in [0.717, 1.165) is 11.1 Å². The van der Waals surface area contributed by atoms with E-state index >= 15 is 0 Å². The molecule has 0 spiro atoms. The molecule has 0 amide bonds. The molecule has 88 valence electrons. The number of carboxylic acids is 1. The van der Waals surface area contributed by atoms with Crippen LogP contribution in [0.15, 0.2) is 22.7 Å².